The topological polar surface area (TPSA) is 147 Å². The van der Waals surface area contributed by atoms with Crippen LogP contribution in [0.2, 0.25) is 0 Å². The van der Waals surface area contributed by atoms with Crippen molar-refractivity contribution in [2.45, 2.75) is 0 Å². The van der Waals surface area contributed by atoms with Crippen molar-refractivity contribution in [1.82, 2.24) is 19.7 Å². The first-order valence-electron chi connectivity index (χ1n) is 11.6. The zero-order chi connectivity index (χ0) is 27.5. The molecule has 39 heavy (non-hydrogen) atoms. The maximum atomic E-state index is 13.9. The van der Waals surface area contributed by atoms with Crippen LogP contribution in [0.5, 0.6) is 0 Å². The van der Waals surface area contributed by atoms with E-state index in [2.05, 4.69) is 32.6 Å². The molecule has 0 unspecified atom stereocenters. The fourth-order valence-electron chi connectivity index (χ4n) is 3.16. The van der Waals surface area contributed by atoms with Crippen molar-refractivity contribution in [3.8, 4) is 0 Å². The van der Waals surface area contributed by atoms with E-state index >= 15 is 0 Å². The van der Waals surface area contributed by atoms with Gasteiger partial charge in [0.25, 0.3) is 0 Å². The summed E-state index contributed by atoms with van der Waals surface area (Å²) in [6, 6.07) is 31.3. The molecular weight excluding hydrogens is 520 g/mol. The molecule has 13 heteroatoms. The van der Waals surface area contributed by atoms with E-state index in [9.17, 15) is 18.0 Å². The molecular formula is C26H26N8O4S. The summed E-state index contributed by atoms with van der Waals surface area (Å²) in [7, 11) is -4.93. The Morgan fingerprint density at radius 3 is 1.05 bits per heavy atom. The molecule has 4 rings (SSSR count). The van der Waals surface area contributed by atoms with E-state index in [0.717, 1.165) is 0 Å². The number of nitrogens with zero attached hydrogens (tertiary/aromatic N) is 2. The molecule has 200 valence electrons. The van der Waals surface area contributed by atoms with Crippen LogP contribution in [0.1, 0.15) is 0 Å². The Kier molecular flexibility index (Phi) is 8.67. The molecule has 12 nitrogen and oxygen atoms in total. The van der Waals surface area contributed by atoms with Gasteiger partial charge < -0.3 is 0 Å². The molecule has 4 aromatic carbocycles. The van der Waals surface area contributed by atoms with Crippen LogP contribution in [0.4, 0.5) is 32.3 Å². The summed E-state index contributed by atoms with van der Waals surface area (Å²) in [6.07, 6.45) is 0. The van der Waals surface area contributed by atoms with E-state index in [4.69, 9.17) is 0 Å². The van der Waals surface area contributed by atoms with E-state index in [0.29, 0.717) is 20.2 Å². The van der Waals surface area contributed by atoms with Crippen molar-refractivity contribution in [2.24, 2.45) is 0 Å². The number of hydrogen-bond donors (Lipinski definition) is 6. The van der Waals surface area contributed by atoms with Crippen LogP contribution in [0, 0.1) is 0 Å². The molecule has 0 bridgehead atoms. The van der Waals surface area contributed by atoms with Gasteiger partial charge in [-0.25, -0.2) is 20.4 Å². The first-order valence-corrected chi connectivity index (χ1v) is 13.0. The molecule has 4 aromatic rings. The van der Waals surface area contributed by atoms with Crippen molar-refractivity contribution in [1.29, 1.82) is 0 Å². The third-order valence-corrected chi connectivity index (χ3v) is 6.45. The van der Waals surface area contributed by atoms with Crippen molar-refractivity contribution in [3.05, 3.63) is 121 Å². The van der Waals surface area contributed by atoms with Crippen LogP contribution < -0.4 is 32.6 Å². The highest BCUT2D eigenvalue weighted by Crippen LogP contribution is 2.17. The minimum absolute atomic E-state index is 0.276. The molecule has 4 amide bonds. The third kappa shape index (κ3) is 7.30. The van der Waals surface area contributed by atoms with Gasteiger partial charge in [0.05, 0.1) is 22.7 Å². The molecule has 0 fully saturated rings. The Morgan fingerprint density at radius 2 is 0.744 bits per heavy atom. The summed E-state index contributed by atoms with van der Waals surface area (Å²) in [5.41, 5.74) is 16.7. The van der Waals surface area contributed by atoms with Gasteiger partial charge in [-0.15, -0.1) is 8.83 Å². The highest BCUT2D eigenvalue weighted by molar-refractivity contribution is 7.88. The Labute approximate surface area is 225 Å². The number of para-hydroxylation sites is 4. The van der Waals surface area contributed by atoms with Crippen molar-refractivity contribution in [3.63, 3.8) is 0 Å². The highest BCUT2D eigenvalue weighted by Gasteiger charge is 2.38. The zero-order valence-electron chi connectivity index (χ0n) is 20.5. The Balaban J connectivity index is 1.64. The van der Waals surface area contributed by atoms with E-state index in [1.165, 1.54) is 0 Å². The number of urea groups is 2. The predicted octanol–water partition coefficient (Wildman–Crippen LogP) is 4.36. The van der Waals surface area contributed by atoms with Crippen LogP contribution in [0.25, 0.3) is 0 Å². The number of amides is 4. The number of carbonyl (C=O) groups is 2. The smallest absolute Gasteiger partial charge is 0.297 e. The molecule has 0 saturated carbocycles. The second-order valence-electron chi connectivity index (χ2n) is 7.83. The molecule has 0 radical (unpaired) electrons. The first kappa shape index (κ1) is 26.6. The summed E-state index contributed by atoms with van der Waals surface area (Å²) >= 11 is 0. The lowest BCUT2D eigenvalue weighted by molar-refractivity contribution is 0.222. The number of benzene rings is 4. The molecule has 0 saturated heterocycles. The molecule has 0 aliphatic carbocycles. The number of carbonyl (C=O) groups excluding carboxylic acids is 2. The minimum Gasteiger partial charge on any atom is -0.297 e. The van der Waals surface area contributed by atoms with Gasteiger partial charge in [-0.05, 0) is 48.5 Å². The Morgan fingerprint density at radius 1 is 0.462 bits per heavy atom. The maximum absolute atomic E-state index is 13.9. The molecule has 0 aliphatic rings. The Bertz CT molecular complexity index is 1350. The maximum Gasteiger partial charge on any atom is 0.370 e. The summed E-state index contributed by atoms with van der Waals surface area (Å²) in [5, 5.41) is 0. The second kappa shape index (κ2) is 12.7. The number of hydrazine groups is 4. The summed E-state index contributed by atoms with van der Waals surface area (Å²) < 4.78 is 28.4. The molecule has 0 aromatic heterocycles. The van der Waals surface area contributed by atoms with E-state index in [-0.39, 0.29) is 11.4 Å². The van der Waals surface area contributed by atoms with Crippen LogP contribution in [0.15, 0.2) is 121 Å². The largest absolute Gasteiger partial charge is 0.370 e. The summed E-state index contributed by atoms with van der Waals surface area (Å²) in [4.78, 5) is 26.5. The third-order valence-electron chi connectivity index (χ3n) is 5.01. The van der Waals surface area contributed by atoms with Gasteiger partial charge in [0.1, 0.15) is 0 Å². The fourth-order valence-corrected chi connectivity index (χ4v) is 4.28. The van der Waals surface area contributed by atoms with Gasteiger partial charge in [-0.2, -0.15) is 8.42 Å². The summed E-state index contributed by atoms with van der Waals surface area (Å²) in [6.45, 7) is 0. The molecule has 0 atom stereocenters. The number of nitrogens with one attached hydrogen (secondary N) is 6. The Hall–Kier alpha value is -5.43. The zero-order valence-corrected chi connectivity index (χ0v) is 21.3. The van der Waals surface area contributed by atoms with Gasteiger partial charge >= 0.3 is 22.3 Å². The van der Waals surface area contributed by atoms with Crippen molar-refractivity contribution < 1.29 is 18.0 Å². The minimum atomic E-state index is -4.93. The predicted molar refractivity (Wildman–Crippen MR) is 150 cm³/mol. The second-order valence-corrected chi connectivity index (χ2v) is 9.46. The quantitative estimate of drug-likeness (QED) is 0.161. The average Bonchev–Trinajstić information content (AvgIpc) is 2.98. The number of hydrogen-bond acceptors (Lipinski definition) is 8. The van der Waals surface area contributed by atoms with Gasteiger partial charge in [0.15, 0.2) is 0 Å². The average molecular weight is 547 g/mol. The van der Waals surface area contributed by atoms with Gasteiger partial charge in [-0.1, -0.05) is 72.8 Å². The van der Waals surface area contributed by atoms with Crippen LogP contribution in [0.3, 0.4) is 0 Å². The van der Waals surface area contributed by atoms with Crippen LogP contribution in [-0.2, 0) is 10.2 Å². The fraction of sp³-hybridized carbons (Fsp3) is 0. The standard InChI is InChI=1S/C26H26N8O4S/c35-25(29-27-21-13-5-1-6-14-21)33(31-23-17-9-3-10-18-23)39(37,38)34(32-24-19-11-4-12-20-24)26(36)30-28-22-15-7-2-8-16-22/h1-20,27-28,31-32H,(H,29,35)(H,30,36). The highest BCUT2D eigenvalue weighted by atomic mass is 32.2. The molecule has 6 N–H and O–H groups in total. The van der Waals surface area contributed by atoms with Crippen molar-refractivity contribution >= 4 is 45.0 Å². The lowest BCUT2D eigenvalue weighted by Gasteiger charge is -2.31. The number of anilines is 4. The molecule has 0 heterocycles. The molecule has 0 spiro atoms. The van der Waals surface area contributed by atoms with Crippen LogP contribution in [-0.4, -0.2) is 29.3 Å². The molecule has 0 aliphatic heterocycles. The SMILES string of the molecule is O=C(NNc1ccccc1)N(Nc1ccccc1)S(=O)(=O)N(Nc1ccccc1)C(=O)NNc1ccccc1. The van der Waals surface area contributed by atoms with E-state index in [1.807, 2.05) is 0 Å². The van der Waals surface area contributed by atoms with Crippen molar-refractivity contribution in [2.75, 3.05) is 21.7 Å². The van der Waals surface area contributed by atoms with E-state index in [1.54, 1.807) is 121 Å². The number of rotatable bonds is 10. The van der Waals surface area contributed by atoms with E-state index < -0.39 is 22.3 Å². The van der Waals surface area contributed by atoms with Gasteiger partial charge in [-0.3, -0.25) is 21.7 Å². The monoisotopic (exact) mass is 546 g/mol. The first-order chi connectivity index (χ1) is 18.9. The lowest BCUT2D eigenvalue weighted by atomic mass is 10.3. The summed E-state index contributed by atoms with van der Waals surface area (Å²) in [5.74, 6) is 0. The normalized spacial score (nSPS) is 10.5. The lowest BCUT2D eigenvalue weighted by Crippen LogP contribution is -2.59. The van der Waals surface area contributed by atoms with Crippen LogP contribution >= 0.6 is 0 Å². The van der Waals surface area contributed by atoms with Gasteiger partial charge in [0.2, 0.25) is 0 Å². The van der Waals surface area contributed by atoms with Gasteiger partial charge in [0, 0.05) is 0 Å².